The zero-order valence-corrected chi connectivity index (χ0v) is 17.2. The molecular weight excluding hydrogens is 368 g/mol. The molecule has 0 saturated heterocycles. The molecule has 0 radical (unpaired) electrons. The third-order valence-corrected chi connectivity index (χ3v) is 5.80. The first-order chi connectivity index (χ1) is 14.0. The molecule has 0 amide bonds. The van der Waals surface area contributed by atoms with Crippen LogP contribution >= 0.6 is 0 Å². The van der Waals surface area contributed by atoms with Gasteiger partial charge in [0, 0.05) is 26.2 Å². The van der Waals surface area contributed by atoms with Crippen LogP contribution in [0.25, 0.3) is 11.4 Å². The molecule has 0 unspecified atom stereocenters. The number of fused-ring (bicyclic) bond motifs is 1. The highest BCUT2D eigenvalue weighted by Gasteiger charge is 2.27. The van der Waals surface area contributed by atoms with Crippen LogP contribution in [-0.4, -0.2) is 39.0 Å². The Labute approximate surface area is 169 Å². The Morgan fingerprint density at radius 2 is 1.83 bits per heavy atom. The van der Waals surface area contributed by atoms with Gasteiger partial charge in [-0.2, -0.15) is 4.98 Å². The Hall–Kier alpha value is -3.03. The number of anilines is 2. The van der Waals surface area contributed by atoms with E-state index in [4.69, 9.17) is 4.98 Å². The lowest BCUT2D eigenvalue weighted by Gasteiger charge is -2.14. The third-order valence-electron chi connectivity index (χ3n) is 5.80. The number of aromatic amines is 1. The SMILES string of the molecule is CCc1[nH]n(C2CCCC2)c2nc(Cc3cc(NC)c(O)c(NC)c3)nc(=O)c1-2. The quantitative estimate of drug-likeness (QED) is 0.477. The van der Waals surface area contributed by atoms with Gasteiger partial charge in [0.05, 0.1) is 17.4 Å². The number of phenolic OH excluding ortho intramolecular Hbond substituents is 1. The fourth-order valence-corrected chi connectivity index (χ4v) is 4.29. The van der Waals surface area contributed by atoms with Crippen molar-refractivity contribution >= 4 is 11.4 Å². The van der Waals surface area contributed by atoms with Crippen LogP contribution < -0.4 is 16.2 Å². The predicted octanol–water partition coefficient (Wildman–Crippen LogP) is 3.13. The molecule has 0 spiro atoms. The van der Waals surface area contributed by atoms with Crippen LogP contribution in [0.4, 0.5) is 11.4 Å². The molecule has 1 fully saturated rings. The van der Waals surface area contributed by atoms with Crippen LogP contribution in [0.3, 0.4) is 0 Å². The summed E-state index contributed by atoms with van der Waals surface area (Å²) in [6, 6.07) is 4.07. The van der Waals surface area contributed by atoms with E-state index in [1.54, 1.807) is 14.1 Å². The van der Waals surface area contributed by atoms with Crippen molar-refractivity contribution in [1.82, 2.24) is 19.7 Å². The standard InChI is InChI=1S/C21H28N6O2/c1-4-14-18-20(27(26-14)13-7-5-6-8-13)24-17(25-21(18)29)11-12-9-15(22-2)19(28)16(10-12)23-3/h9-10,13,22-23,26,28H,4-8,11H2,1-3H3. The first kappa shape index (κ1) is 19.3. The number of benzene rings is 1. The van der Waals surface area contributed by atoms with Gasteiger partial charge in [0.2, 0.25) is 0 Å². The Bertz CT molecular complexity index is 1020. The second kappa shape index (κ2) is 7.77. The van der Waals surface area contributed by atoms with Gasteiger partial charge in [-0.25, -0.2) is 4.98 Å². The van der Waals surface area contributed by atoms with E-state index >= 15 is 0 Å². The lowest BCUT2D eigenvalue weighted by Crippen LogP contribution is -2.18. The summed E-state index contributed by atoms with van der Waals surface area (Å²) in [4.78, 5) is 21.9. The Kier molecular flexibility index (Phi) is 5.17. The Balaban J connectivity index is 1.78. The summed E-state index contributed by atoms with van der Waals surface area (Å²) in [6.45, 7) is 2.03. The maximum Gasteiger partial charge on any atom is 0.284 e. The summed E-state index contributed by atoms with van der Waals surface area (Å²) >= 11 is 0. The highest BCUT2D eigenvalue weighted by molar-refractivity contribution is 5.71. The summed E-state index contributed by atoms with van der Waals surface area (Å²) in [5, 5.41) is 19.6. The minimum absolute atomic E-state index is 0.164. The molecule has 29 heavy (non-hydrogen) atoms. The molecule has 154 valence electrons. The fourth-order valence-electron chi connectivity index (χ4n) is 4.29. The highest BCUT2D eigenvalue weighted by atomic mass is 16.3. The van der Waals surface area contributed by atoms with Gasteiger partial charge < -0.3 is 15.7 Å². The van der Waals surface area contributed by atoms with Gasteiger partial charge in [-0.1, -0.05) is 19.8 Å². The summed E-state index contributed by atoms with van der Waals surface area (Å²) in [6.07, 6.45) is 5.76. The minimum Gasteiger partial charge on any atom is -0.504 e. The predicted molar refractivity (Wildman–Crippen MR) is 114 cm³/mol. The maximum atomic E-state index is 12.8. The van der Waals surface area contributed by atoms with E-state index in [1.165, 1.54) is 12.8 Å². The number of phenols is 1. The van der Waals surface area contributed by atoms with Crippen LogP contribution in [0.5, 0.6) is 5.75 Å². The molecule has 4 N–H and O–H groups in total. The van der Waals surface area contributed by atoms with Crippen LogP contribution in [0, 0.1) is 0 Å². The number of nitrogens with zero attached hydrogens (tertiary/aromatic N) is 3. The molecule has 8 heteroatoms. The molecule has 3 aliphatic rings. The average Bonchev–Trinajstić information content (AvgIpc) is 3.36. The van der Waals surface area contributed by atoms with Gasteiger partial charge in [-0.15, -0.1) is 0 Å². The van der Waals surface area contributed by atoms with Crippen LogP contribution in [0.15, 0.2) is 16.9 Å². The molecular formula is C21H28N6O2. The smallest absolute Gasteiger partial charge is 0.284 e. The molecule has 2 aliphatic heterocycles. The van der Waals surface area contributed by atoms with Crippen molar-refractivity contribution in [2.24, 2.45) is 0 Å². The second-order valence-electron chi connectivity index (χ2n) is 7.61. The first-order valence-corrected chi connectivity index (χ1v) is 10.3. The van der Waals surface area contributed by atoms with Crippen LogP contribution in [0.2, 0.25) is 0 Å². The number of rotatable bonds is 6. The summed E-state index contributed by atoms with van der Waals surface area (Å²) in [5.41, 5.74) is 3.44. The van der Waals surface area contributed by atoms with E-state index < -0.39 is 0 Å². The number of hydrogen-bond donors (Lipinski definition) is 4. The molecule has 8 nitrogen and oxygen atoms in total. The fraction of sp³-hybridized carbons (Fsp3) is 0.476. The molecule has 0 aromatic heterocycles. The molecule has 2 heterocycles. The van der Waals surface area contributed by atoms with Gasteiger partial charge >= 0.3 is 0 Å². The molecule has 4 rings (SSSR count). The van der Waals surface area contributed by atoms with Crippen molar-refractivity contribution in [2.75, 3.05) is 24.7 Å². The Morgan fingerprint density at radius 3 is 2.41 bits per heavy atom. The highest BCUT2D eigenvalue weighted by Crippen LogP contribution is 2.35. The third kappa shape index (κ3) is 3.43. The second-order valence-corrected chi connectivity index (χ2v) is 7.61. The minimum atomic E-state index is -0.226. The van der Waals surface area contributed by atoms with Gasteiger partial charge in [-0.3, -0.25) is 14.6 Å². The van der Waals surface area contributed by atoms with Gasteiger partial charge in [-0.05, 0) is 37.0 Å². The van der Waals surface area contributed by atoms with Crippen molar-refractivity contribution < 1.29 is 5.11 Å². The van der Waals surface area contributed by atoms with Crippen molar-refractivity contribution in [1.29, 1.82) is 0 Å². The van der Waals surface area contributed by atoms with Gasteiger partial charge in [0.1, 0.15) is 11.4 Å². The topological polar surface area (TPSA) is 108 Å². The summed E-state index contributed by atoms with van der Waals surface area (Å²) in [7, 11) is 3.51. The molecule has 1 aliphatic carbocycles. The molecule has 1 aromatic rings. The number of aryl methyl sites for hydroxylation is 1. The normalized spacial score (nSPS) is 14.6. The monoisotopic (exact) mass is 396 g/mol. The number of aromatic hydroxyl groups is 1. The zero-order valence-electron chi connectivity index (χ0n) is 17.2. The average molecular weight is 396 g/mol. The number of H-pyrrole nitrogens is 1. The zero-order chi connectivity index (χ0) is 20.5. The molecule has 0 bridgehead atoms. The Morgan fingerprint density at radius 1 is 1.17 bits per heavy atom. The lowest BCUT2D eigenvalue weighted by atomic mass is 10.1. The first-order valence-electron chi connectivity index (χ1n) is 10.3. The number of aromatic nitrogens is 4. The van der Waals surface area contributed by atoms with Crippen molar-refractivity contribution in [3.63, 3.8) is 0 Å². The molecule has 0 atom stereocenters. The van der Waals surface area contributed by atoms with E-state index in [0.717, 1.165) is 30.5 Å². The van der Waals surface area contributed by atoms with Crippen LogP contribution in [-0.2, 0) is 12.8 Å². The largest absolute Gasteiger partial charge is 0.504 e. The van der Waals surface area contributed by atoms with E-state index in [1.807, 2.05) is 19.1 Å². The van der Waals surface area contributed by atoms with Gasteiger partial charge in [0.25, 0.3) is 5.56 Å². The number of nitrogens with one attached hydrogen (secondary N) is 3. The summed E-state index contributed by atoms with van der Waals surface area (Å²) in [5.74, 6) is 1.37. The van der Waals surface area contributed by atoms with Crippen molar-refractivity contribution in [3.05, 3.63) is 39.6 Å². The van der Waals surface area contributed by atoms with Crippen LogP contribution in [0.1, 0.15) is 55.7 Å². The maximum absolute atomic E-state index is 12.8. The lowest BCUT2D eigenvalue weighted by molar-refractivity contribution is 0.464. The van der Waals surface area contributed by atoms with E-state index in [-0.39, 0.29) is 11.3 Å². The number of hydrogen-bond acceptors (Lipinski definition) is 6. The summed E-state index contributed by atoms with van der Waals surface area (Å²) < 4.78 is 2.09. The van der Waals surface area contributed by atoms with Crippen molar-refractivity contribution in [2.45, 2.75) is 51.5 Å². The molecule has 1 saturated carbocycles. The van der Waals surface area contributed by atoms with E-state index in [2.05, 4.69) is 25.4 Å². The van der Waals surface area contributed by atoms with Gasteiger partial charge in [0.15, 0.2) is 11.6 Å². The van der Waals surface area contributed by atoms with E-state index in [0.29, 0.717) is 41.0 Å². The van der Waals surface area contributed by atoms with Crippen molar-refractivity contribution in [3.8, 4) is 17.1 Å². The molecule has 1 aromatic carbocycles. The van der Waals surface area contributed by atoms with E-state index in [9.17, 15) is 9.90 Å².